The first kappa shape index (κ1) is 18.7. The zero-order valence-corrected chi connectivity index (χ0v) is 15.2. The molecule has 1 aromatic carbocycles. The molecule has 0 atom stereocenters. The molecule has 2 aliphatic rings. The van der Waals surface area contributed by atoms with Crippen LogP contribution in [-0.2, 0) is 4.79 Å². The maximum Gasteiger partial charge on any atom is 0.412 e. The molecule has 2 saturated carbocycles. The average Bonchev–Trinajstić information content (AvgIpc) is 2.66. The van der Waals surface area contributed by atoms with Crippen molar-refractivity contribution in [1.82, 2.24) is 5.32 Å². The number of benzene rings is 1. The van der Waals surface area contributed by atoms with Crippen molar-refractivity contribution in [2.75, 3.05) is 0 Å². The number of amides is 1. The number of ether oxygens (including phenoxy) is 1. The van der Waals surface area contributed by atoms with Crippen molar-refractivity contribution >= 4 is 12.2 Å². The fraction of sp³-hybridized carbons (Fsp3) is 0.619. The van der Waals surface area contributed by atoms with Gasteiger partial charge < -0.3 is 10.1 Å². The lowest BCUT2D eigenvalue weighted by Gasteiger charge is -2.33. The van der Waals surface area contributed by atoms with Crippen molar-refractivity contribution in [2.24, 2.45) is 16.8 Å². The van der Waals surface area contributed by atoms with Crippen molar-refractivity contribution in [1.29, 1.82) is 0 Å². The van der Waals surface area contributed by atoms with E-state index in [1.807, 2.05) is 18.2 Å². The number of nitrogens with one attached hydrogen (secondary N) is 1. The summed E-state index contributed by atoms with van der Waals surface area (Å²) in [5.41, 5.74) is 0. The van der Waals surface area contributed by atoms with E-state index >= 15 is 0 Å². The van der Waals surface area contributed by atoms with Crippen LogP contribution < -0.4 is 10.1 Å². The van der Waals surface area contributed by atoms with Gasteiger partial charge in [0.05, 0.1) is 6.04 Å². The highest BCUT2D eigenvalue weighted by Gasteiger charge is 2.27. The van der Waals surface area contributed by atoms with Crippen LogP contribution in [0.2, 0.25) is 0 Å². The first-order chi connectivity index (χ1) is 12.7. The molecular weight excluding hydrogens is 328 g/mol. The number of rotatable bonds is 5. The SMILES string of the molecule is O=C=NC1CCC(CC2CCC(NC(=O)Oc3ccccc3)CC2)CC1. The summed E-state index contributed by atoms with van der Waals surface area (Å²) in [7, 11) is 0. The maximum atomic E-state index is 12.0. The molecule has 26 heavy (non-hydrogen) atoms. The van der Waals surface area contributed by atoms with E-state index in [0.29, 0.717) is 5.75 Å². The van der Waals surface area contributed by atoms with E-state index in [1.165, 1.54) is 32.1 Å². The lowest BCUT2D eigenvalue weighted by molar-refractivity contribution is 0.181. The van der Waals surface area contributed by atoms with Crippen molar-refractivity contribution in [3.63, 3.8) is 0 Å². The van der Waals surface area contributed by atoms with Crippen LogP contribution in [0.5, 0.6) is 5.75 Å². The Kier molecular flexibility index (Phi) is 6.84. The zero-order chi connectivity index (χ0) is 18.2. The van der Waals surface area contributed by atoms with Crippen LogP contribution in [0.25, 0.3) is 0 Å². The summed E-state index contributed by atoms with van der Waals surface area (Å²) in [6.45, 7) is 0. The van der Waals surface area contributed by atoms with Crippen LogP contribution in [0.3, 0.4) is 0 Å². The Morgan fingerprint density at radius 1 is 1.00 bits per heavy atom. The van der Waals surface area contributed by atoms with Gasteiger partial charge in [0.25, 0.3) is 0 Å². The number of para-hydroxylation sites is 1. The second-order valence-electron chi connectivity index (χ2n) is 7.70. The summed E-state index contributed by atoms with van der Waals surface area (Å²) >= 11 is 0. The molecule has 1 amide bonds. The molecule has 2 aliphatic carbocycles. The minimum Gasteiger partial charge on any atom is -0.410 e. The van der Waals surface area contributed by atoms with Gasteiger partial charge in [-0.25, -0.2) is 14.6 Å². The lowest BCUT2D eigenvalue weighted by atomic mass is 9.76. The van der Waals surface area contributed by atoms with Crippen LogP contribution in [0, 0.1) is 11.8 Å². The van der Waals surface area contributed by atoms with E-state index in [4.69, 9.17) is 4.74 Å². The Morgan fingerprint density at radius 2 is 1.62 bits per heavy atom. The van der Waals surface area contributed by atoms with Gasteiger partial charge in [-0.05, 0) is 81.8 Å². The molecule has 0 saturated heterocycles. The quantitative estimate of drug-likeness (QED) is 0.618. The molecule has 5 nitrogen and oxygen atoms in total. The van der Waals surface area contributed by atoms with E-state index in [0.717, 1.165) is 37.5 Å². The number of carbonyl (C=O) groups excluding carboxylic acids is 2. The highest BCUT2D eigenvalue weighted by molar-refractivity contribution is 5.70. The third-order valence-electron chi connectivity index (χ3n) is 5.84. The van der Waals surface area contributed by atoms with Gasteiger partial charge in [0, 0.05) is 6.04 Å². The van der Waals surface area contributed by atoms with Crippen LogP contribution in [0.4, 0.5) is 4.79 Å². The molecule has 1 N–H and O–H groups in total. The van der Waals surface area contributed by atoms with Gasteiger partial charge in [-0.15, -0.1) is 0 Å². The normalized spacial score (nSPS) is 28.6. The van der Waals surface area contributed by atoms with Crippen LogP contribution in [-0.4, -0.2) is 24.3 Å². The number of isocyanates is 1. The lowest BCUT2D eigenvalue weighted by Crippen LogP contribution is -2.39. The van der Waals surface area contributed by atoms with Crippen LogP contribution in [0.15, 0.2) is 35.3 Å². The topological polar surface area (TPSA) is 67.8 Å². The Hall–Kier alpha value is -2.13. The van der Waals surface area contributed by atoms with Crippen molar-refractivity contribution in [2.45, 2.75) is 69.9 Å². The largest absolute Gasteiger partial charge is 0.412 e. The highest BCUT2D eigenvalue weighted by Crippen LogP contribution is 2.36. The van der Waals surface area contributed by atoms with E-state index in [1.54, 1.807) is 18.2 Å². The number of hydrogen-bond donors (Lipinski definition) is 1. The number of hydrogen-bond acceptors (Lipinski definition) is 4. The molecular formula is C21H28N2O3. The van der Waals surface area contributed by atoms with Crippen molar-refractivity contribution < 1.29 is 14.3 Å². The van der Waals surface area contributed by atoms with Crippen molar-refractivity contribution in [3.05, 3.63) is 30.3 Å². The number of aliphatic imine (C=N–C) groups is 1. The van der Waals surface area contributed by atoms with Gasteiger partial charge in [-0.1, -0.05) is 18.2 Å². The molecule has 2 fully saturated rings. The Morgan fingerprint density at radius 3 is 2.23 bits per heavy atom. The Labute approximate surface area is 155 Å². The molecule has 0 aromatic heterocycles. The second kappa shape index (κ2) is 9.54. The molecule has 0 bridgehead atoms. The summed E-state index contributed by atoms with van der Waals surface area (Å²) in [5.74, 6) is 2.10. The molecule has 0 radical (unpaired) electrons. The maximum absolute atomic E-state index is 12.0. The number of nitrogens with zero attached hydrogens (tertiary/aromatic N) is 1. The van der Waals surface area contributed by atoms with E-state index in [2.05, 4.69) is 10.3 Å². The fourth-order valence-electron chi connectivity index (χ4n) is 4.39. The predicted octanol–water partition coefficient (Wildman–Crippen LogP) is 4.62. The summed E-state index contributed by atoms with van der Waals surface area (Å²) < 4.78 is 5.31. The summed E-state index contributed by atoms with van der Waals surface area (Å²) in [4.78, 5) is 26.2. The number of carbonyl (C=O) groups is 1. The molecule has 3 rings (SSSR count). The third-order valence-corrected chi connectivity index (χ3v) is 5.84. The minimum atomic E-state index is -0.353. The average molecular weight is 356 g/mol. The van der Waals surface area contributed by atoms with Gasteiger partial charge in [-0.3, -0.25) is 0 Å². The third kappa shape index (κ3) is 5.70. The predicted molar refractivity (Wildman–Crippen MR) is 99.8 cm³/mol. The van der Waals surface area contributed by atoms with Crippen molar-refractivity contribution in [3.8, 4) is 5.75 Å². The van der Waals surface area contributed by atoms with Crippen LogP contribution >= 0.6 is 0 Å². The molecule has 0 spiro atoms. The molecule has 0 heterocycles. The van der Waals surface area contributed by atoms with E-state index in [9.17, 15) is 9.59 Å². The molecule has 1 aromatic rings. The molecule has 5 heteroatoms. The minimum absolute atomic E-state index is 0.208. The second-order valence-corrected chi connectivity index (χ2v) is 7.70. The Balaban J connectivity index is 1.34. The van der Waals surface area contributed by atoms with E-state index in [-0.39, 0.29) is 18.2 Å². The summed E-state index contributed by atoms with van der Waals surface area (Å²) in [5, 5.41) is 3.00. The monoisotopic (exact) mass is 356 g/mol. The highest BCUT2D eigenvalue weighted by atomic mass is 16.6. The standard InChI is InChI=1S/C21H28N2O3/c24-15-22-18-10-6-16(7-11-18)14-17-8-12-19(13-9-17)23-21(25)26-20-4-2-1-3-5-20/h1-5,16-19H,6-14H2,(H,23,25). The molecule has 0 unspecified atom stereocenters. The smallest absolute Gasteiger partial charge is 0.410 e. The summed E-state index contributed by atoms with van der Waals surface area (Å²) in [6, 6.07) is 9.60. The summed E-state index contributed by atoms with van der Waals surface area (Å²) in [6.07, 6.45) is 11.4. The van der Waals surface area contributed by atoms with Crippen LogP contribution in [0.1, 0.15) is 57.8 Å². The van der Waals surface area contributed by atoms with Gasteiger partial charge in [0.2, 0.25) is 6.08 Å². The van der Waals surface area contributed by atoms with Gasteiger partial charge in [-0.2, -0.15) is 0 Å². The first-order valence-electron chi connectivity index (χ1n) is 9.83. The molecule has 140 valence electrons. The Bertz CT molecular complexity index is 611. The van der Waals surface area contributed by atoms with E-state index < -0.39 is 0 Å². The molecule has 0 aliphatic heterocycles. The fourth-order valence-corrected chi connectivity index (χ4v) is 4.39. The van der Waals surface area contributed by atoms with Gasteiger partial charge in [0.15, 0.2) is 0 Å². The first-order valence-corrected chi connectivity index (χ1v) is 9.83. The zero-order valence-electron chi connectivity index (χ0n) is 15.2. The van der Waals surface area contributed by atoms with Gasteiger partial charge in [0.1, 0.15) is 5.75 Å². The van der Waals surface area contributed by atoms with Gasteiger partial charge >= 0.3 is 6.09 Å².